The van der Waals surface area contributed by atoms with Crippen molar-refractivity contribution >= 4 is 5.97 Å². The van der Waals surface area contributed by atoms with Crippen LogP contribution < -0.4 is 0 Å². The van der Waals surface area contributed by atoms with E-state index in [0.717, 1.165) is 43.4 Å². The number of hydrogen-bond donors (Lipinski definition) is 1. The smallest absolute Gasteiger partial charge is 0.310 e. The van der Waals surface area contributed by atoms with Gasteiger partial charge in [0.05, 0.1) is 12.1 Å². The third-order valence-corrected chi connectivity index (χ3v) is 11.3. The Hall–Kier alpha value is -0.670. The Kier molecular flexibility index (Phi) is 11.6. The van der Waals surface area contributed by atoms with Gasteiger partial charge in [0.25, 0.3) is 0 Å². The van der Waals surface area contributed by atoms with Crippen molar-refractivity contribution in [3.05, 3.63) is 0 Å². The van der Waals surface area contributed by atoms with Gasteiger partial charge < -0.3 is 5.11 Å². The van der Waals surface area contributed by atoms with Gasteiger partial charge in [0.2, 0.25) is 0 Å². The molecule has 210 valence electrons. The molecule has 4 heteroatoms. The Morgan fingerprint density at radius 2 is 1.42 bits per heavy atom. The third kappa shape index (κ3) is 6.31. The van der Waals surface area contributed by atoms with Gasteiger partial charge in [0.1, 0.15) is 6.17 Å². The predicted molar refractivity (Wildman–Crippen MR) is 146 cm³/mol. The molecule has 0 aromatic heterocycles. The first-order valence-electron chi connectivity index (χ1n) is 15.8. The summed E-state index contributed by atoms with van der Waals surface area (Å²) in [6, 6.07) is 0. The lowest BCUT2D eigenvalue weighted by atomic mass is 9.48. The SMILES string of the molecule is CCCCCC1CCC(C2CCC(C3(CCC)CCC(CCC)(C(=O)O)C(CCF)C3F)CC2)CC1. The molecule has 0 aliphatic heterocycles. The summed E-state index contributed by atoms with van der Waals surface area (Å²) in [6.45, 7) is 5.76. The second-order valence-corrected chi connectivity index (χ2v) is 13.1. The van der Waals surface area contributed by atoms with Gasteiger partial charge in [-0.2, -0.15) is 0 Å². The molecule has 3 aliphatic carbocycles. The first-order chi connectivity index (χ1) is 17.4. The van der Waals surface area contributed by atoms with E-state index < -0.39 is 35.6 Å². The molecule has 3 fully saturated rings. The van der Waals surface area contributed by atoms with Crippen molar-refractivity contribution in [2.45, 2.75) is 149 Å². The monoisotopic (exact) mass is 510 g/mol. The lowest BCUT2D eigenvalue weighted by molar-refractivity contribution is -0.174. The molecule has 0 heterocycles. The molecule has 3 rings (SSSR count). The van der Waals surface area contributed by atoms with Gasteiger partial charge in [-0.05, 0) is 94.3 Å². The molecule has 0 bridgehead atoms. The molecule has 0 saturated heterocycles. The van der Waals surface area contributed by atoms with Crippen molar-refractivity contribution in [2.75, 3.05) is 6.67 Å². The largest absolute Gasteiger partial charge is 0.481 e. The minimum atomic E-state index is -1.20. The number of carbonyl (C=O) groups is 1. The maximum atomic E-state index is 16.7. The average Bonchev–Trinajstić information content (AvgIpc) is 2.89. The quantitative estimate of drug-likeness (QED) is 0.250. The Balaban J connectivity index is 1.65. The molecule has 4 atom stereocenters. The third-order valence-electron chi connectivity index (χ3n) is 11.3. The number of hydrogen-bond acceptors (Lipinski definition) is 1. The van der Waals surface area contributed by atoms with Crippen LogP contribution in [-0.2, 0) is 4.79 Å². The Bertz CT molecular complexity index is 653. The molecule has 3 aliphatic rings. The summed E-state index contributed by atoms with van der Waals surface area (Å²) in [5.41, 5.74) is -1.55. The Labute approximate surface area is 220 Å². The van der Waals surface area contributed by atoms with E-state index in [2.05, 4.69) is 13.8 Å². The summed E-state index contributed by atoms with van der Waals surface area (Å²) in [7, 11) is 0. The maximum absolute atomic E-state index is 16.7. The first kappa shape index (κ1) is 29.9. The van der Waals surface area contributed by atoms with Crippen molar-refractivity contribution in [2.24, 2.45) is 40.4 Å². The van der Waals surface area contributed by atoms with Crippen LogP contribution in [0.1, 0.15) is 143 Å². The topological polar surface area (TPSA) is 37.3 Å². The fourth-order valence-electron chi connectivity index (χ4n) is 9.29. The number of alkyl halides is 2. The van der Waals surface area contributed by atoms with Crippen LogP contribution in [0.25, 0.3) is 0 Å². The summed E-state index contributed by atoms with van der Waals surface area (Å²) in [6.07, 6.45) is 18.6. The van der Waals surface area contributed by atoms with E-state index in [1.165, 1.54) is 64.2 Å². The number of carboxylic acid groups (broad SMARTS) is 1. The highest BCUT2D eigenvalue weighted by molar-refractivity contribution is 5.75. The Morgan fingerprint density at radius 1 is 0.806 bits per heavy atom. The second kappa shape index (κ2) is 13.9. The molecule has 2 nitrogen and oxygen atoms in total. The van der Waals surface area contributed by atoms with E-state index in [9.17, 15) is 14.3 Å². The van der Waals surface area contributed by atoms with Crippen LogP contribution in [0.5, 0.6) is 0 Å². The van der Waals surface area contributed by atoms with Crippen LogP contribution in [0.4, 0.5) is 8.78 Å². The van der Waals surface area contributed by atoms with Gasteiger partial charge in [-0.1, -0.05) is 72.1 Å². The molecule has 1 N–H and O–H groups in total. The van der Waals surface area contributed by atoms with Crippen LogP contribution in [0, 0.1) is 40.4 Å². The molecule has 0 aromatic rings. The number of aliphatic carboxylic acids is 1. The van der Waals surface area contributed by atoms with E-state index >= 15 is 4.39 Å². The van der Waals surface area contributed by atoms with Crippen LogP contribution in [0.3, 0.4) is 0 Å². The standard InChI is InChI=1S/C32H56F2O2/c1-4-7-8-9-24-10-12-25(13-11-24)26-14-16-27(17-15-26)31(19-5-2)21-22-32(20-6-3,30(35)36)28(18-23-33)29(31)34/h24-29H,4-23H2,1-3H3,(H,35,36). The van der Waals surface area contributed by atoms with Gasteiger partial charge >= 0.3 is 5.97 Å². The minimum absolute atomic E-state index is 0.0514. The summed E-state index contributed by atoms with van der Waals surface area (Å²) in [4.78, 5) is 12.5. The number of rotatable bonds is 13. The Morgan fingerprint density at radius 3 is 1.94 bits per heavy atom. The fraction of sp³-hybridized carbons (Fsp3) is 0.969. The highest BCUT2D eigenvalue weighted by Crippen LogP contribution is 2.61. The molecule has 0 amide bonds. The van der Waals surface area contributed by atoms with E-state index in [4.69, 9.17) is 0 Å². The molecule has 3 saturated carbocycles. The summed E-state index contributed by atoms with van der Waals surface area (Å²) >= 11 is 0. The van der Waals surface area contributed by atoms with Crippen molar-refractivity contribution in [3.8, 4) is 0 Å². The van der Waals surface area contributed by atoms with Crippen molar-refractivity contribution in [1.29, 1.82) is 0 Å². The van der Waals surface area contributed by atoms with Gasteiger partial charge in [-0.3, -0.25) is 9.18 Å². The van der Waals surface area contributed by atoms with Gasteiger partial charge in [-0.15, -0.1) is 0 Å². The molecular formula is C32H56F2O2. The predicted octanol–water partition coefficient (Wildman–Crippen LogP) is 9.94. The van der Waals surface area contributed by atoms with Crippen LogP contribution in [0.2, 0.25) is 0 Å². The highest BCUT2D eigenvalue weighted by atomic mass is 19.1. The zero-order chi connectivity index (χ0) is 26.2. The van der Waals surface area contributed by atoms with E-state index in [-0.39, 0.29) is 6.42 Å². The first-order valence-corrected chi connectivity index (χ1v) is 15.8. The number of halogens is 2. The molecule has 4 unspecified atom stereocenters. The van der Waals surface area contributed by atoms with Crippen LogP contribution >= 0.6 is 0 Å². The van der Waals surface area contributed by atoms with Crippen molar-refractivity contribution < 1.29 is 18.7 Å². The van der Waals surface area contributed by atoms with Crippen molar-refractivity contribution in [1.82, 2.24) is 0 Å². The van der Waals surface area contributed by atoms with E-state index in [1.54, 1.807) is 0 Å². The lowest BCUT2D eigenvalue weighted by Gasteiger charge is -2.56. The average molecular weight is 511 g/mol. The minimum Gasteiger partial charge on any atom is -0.481 e. The zero-order valence-electron chi connectivity index (χ0n) is 23.7. The summed E-state index contributed by atoms with van der Waals surface area (Å²) in [5.74, 6) is 1.32. The molecule has 0 aromatic carbocycles. The van der Waals surface area contributed by atoms with Crippen molar-refractivity contribution in [3.63, 3.8) is 0 Å². The molecule has 0 spiro atoms. The van der Waals surface area contributed by atoms with Crippen LogP contribution in [-0.4, -0.2) is 23.9 Å². The molecule has 36 heavy (non-hydrogen) atoms. The normalized spacial score (nSPS) is 39.7. The second-order valence-electron chi connectivity index (χ2n) is 13.1. The molecular weight excluding hydrogens is 454 g/mol. The summed E-state index contributed by atoms with van der Waals surface area (Å²) < 4.78 is 30.4. The van der Waals surface area contributed by atoms with Gasteiger partial charge in [0.15, 0.2) is 0 Å². The maximum Gasteiger partial charge on any atom is 0.310 e. The highest BCUT2D eigenvalue weighted by Gasteiger charge is 2.60. The van der Waals surface area contributed by atoms with Gasteiger partial charge in [-0.25, -0.2) is 4.39 Å². The zero-order valence-corrected chi connectivity index (χ0v) is 23.7. The summed E-state index contributed by atoms with van der Waals surface area (Å²) in [5, 5.41) is 10.2. The number of unbranched alkanes of at least 4 members (excludes halogenated alkanes) is 2. The molecule has 0 radical (unpaired) electrons. The van der Waals surface area contributed by atoms with Crippen LogP contribution in [0.15, 0.2) is 0 Å². The number of carboxylic acids is 1. The lowest BCUT2D eigenvalue weighted by Crippen LogP contribution is -2.57. The van der Waals surface area contributed by atoms with E-state index in [0.29, 0.717) is 31.6 Å². The fourth-order valence-corrected chi connectivity index (χ4v) is 9.29. The van der Waals surface area contributed by atoms with Gasteiger partial charge in [0, 0.05) is 11.3 Å². The van der Waals surface area contributed by atoms with E-state index in [1.807, 2.05) is 6.92 Å².